The van der Waals surface area contributed by atoms with E-state index in [1.807, 2.05) is 0 Å². The van der Waals surface area contributed by atoms with Gasteiger partial charge in [-0.25, -0.2) is 0 Å². The average molecular weight is 192 g/mol. The third-order valence-corrected chi connectivity index (χ3v) is 1.98. The summed E-state index contributed by atoms with van der Waals surface area (Å²) in [6.45, 7) is 1.72. The van der Waals surface area contributed by atoms with Crippen LogP contribution in [0.15, 0.2) is 0 Å². The van der Waals surface area contributed by atoms with Gasteiger partial charge in [-0.2, -0.15) is 0 Å². The number of aliphatic carboxylic acids is 1. The van der Waals surface area contributed by atoms with Crippen molar-refractivity contribution < 1.29 is 14.7 Å². The van der Waals surface area contributed by atoms with Gasteiger partial charge in [-0.05, 0) is 11.9 Å². The van der Waals surface area contributed by atoms with Crippen molar-refractivity contribution in [3.63, 3.8) is 0 Å². The van der Waals surface area contributed by atoms with Crippen LogP contribution < -0.4 is 10.5 Å². The van der Waals surface area contributed by atoms with Gasteiger partial charge in [-0.3, -0.25) is 9.59 Å². The van der Waals surface area contributed by atoms with Crippen molar-refractivity contribution >= 4 is 23.8 Å². The number of carbonyl (C=O) groups is 2. The van der Waals surface area contributed by atoms with Crippen molar-refractivity contribution in [1.82, 2.24) is 4.72 Å². The molecule has 12 heavy (non-hydrogen) atoms. The molecular formula is C6H12N2O3S. The maximum absolute atomic E-state index is 10.6. The van der Waals surface area contributed by atoms with Crippen molar-refractivity contribution in [3.05, 3.63) is 0 Å². The molecule has 0 aliphatic carbocycles. The molecule has 0 aliphatic rings. The molecule has 70 valence electrons. The molecule has 0 fully saturated rings. The number of hydrogen-bond donors (Lipinski definition) is 3. The lowest BCUT2D eigenvalue weighted by atomic mass is 10.4. The molecule has 1 atom stereocenters. The van der Waals surface area contributed by atoms with Crippen LogP contribution in [-0.4, -0.2) is 28.8 Å². The van der Waals surface area contributed by atoms with Gasteiger partial charge < -0.3 is 15.6 Å². The van der Waals surface area contributed by atoms with E-state index in [-0.39, 0.29) is 11.7 Å². The van der Waals surface area contributed by atoms with Gasteiger partial charge in [0.2, 0.25) is 5.91 Å². The summed E-state index contributed by atoms with van der Waals surface area (Å²) < 4.78 is 2.45. The standard InChI is InChI=1S/C6H12N2O3S/c1-2-5(9)8-12-3-4(7)6(10)11/h4H,2-3,7H2,1H3,(H,8,9)(H,10,11). The predicted octanol–water partition coefficient (Wildman–Crippen LogP) is -0.427. The van der Waals surface area contributed by atoms with E-state index in [0.717, 1.165) is 11.9 Å². The van der Waals surface area contributed by atoms with E-state index in [2.05, 4.69) is 4.72 Å². The highest BCUT2D eigenvalue weighted by Gasteiger charge is 2.11. The Labute approximate surface area is 74.8 Å². The van der Waals surface area contributed by atoms with Crippen LogP contribution in [0.5, 0.6) is 0 Å². The van der Waals surface area contributed by atoms with E-state index >= 15 is 0 Å². The van der Waals surface area contributed by atoms with Crippen molar-refractivity contribution in [2.24, 2.45) is 5.73 Å². The molecule has 4 N–H and O–H groups in total. The second-order valence-corrected chi connectivity index (χ2v) is 2.96. The summed E-state index contributed by atoms with van der Waals surface area (Å²) in [7, 11) is 0. The average Bonchev–Trinajstić information content (AvgIpc) is 2.03. The van der Waals surface area contributed by atoms with Crippen LogP contribution in [0.3, 0.4) is 0 Å². The summed E-state index contributed by atoms with van der Waals surface area (Å²) in [4.78, 5) is 20.8. The van der Waals surface area contributed by atoms with Crippen LogP contribution in [0.2, 0.25) is 0 Å². The van der Waals surface area contributed by atoms with Crippen molar-refractivity contribution in [1.29, 1.82) is 0 Å². The third kappa shape index (κ3) is 4.97. The van der Waals surface area contributed by atoms with E-state index in [1.165, 1.54) is 0 Å². The SMILES string of the molecule is CCC(=O)NSCC(N)C(=O)O. The highest BCUT2D eigenvalue weighted by molar-refractivity contribution is 7.98. The Morgan fingerprint density at radius 3 is 2.67 bits per heavy atom. The molecule has 1 amide bonds. The molecule has 0 rings (SSSR count). The zero-order valence-electron chi connectivity index (χ0n) is 6.74. The van der Waals surface area contributed by atoms with Crippen LogP contribution in [0.25, 0.3) is 0 Å². The van der Waals surface area contributed by atoms with Gasteiger partial charge in [-0.1, -0.05) is 6.92 Å². The molecule has 0 aromatic rings. The molecule has 0 heterocycles. The van der Waals surface area contributed by atoms with Gasteiger partial charge in [0.15, 0.2) is 0 Å². The Hall–Kier alpha value is -0.750. The summed E-state index contributed by atoms with van der Waals surface area (Å²) in [6.07, 6.45) is 0.384. The molecular weight excluding hydrogens is 180 g/mol. The molecule has 5 nitrogen and oxygen atoms in total. The first kappa shape index (κ1) is 11.2. The minimum absolute atomic E-state index is 0.127. The van der Waals surface area contributed by atoms with Crippen LogP contribution in [0, 0.1) is 0 Å². The van der Waals surface area contributed by atoms with E-state index in [0.29, 0.717) is 6.42 Å². The van der Waals surface area contributed by atoms with Crippen LogP contribution in [0.4, 0.5) is 0 Å². The highest BCUT2D eigenvalue weighted by atomic mass is 32.2. The Morgan fingerprint density at radius 1 is 1.67 bits per heavy atom. The molecule has 0 radical (unpaired) electrons. The number of carbonyl (C=O) groups excluding carboxylic acids is 1. The third-order valence-electron chi connectivity index (χ3n) is 1.09. The first-order chi connectivity index (χ1) is 5.57. The molecule has 0 spiro atoms. The maximum Gasteiger partial charge on any atom is 0.321 e. The largest absolute Gasteiger partial charge is 0.480 e. The lowest BCUT2D eigenvalue weighted by molar-refractivity contribution is -0.138. The molecule has 0 saturated heterocycles. The number of nitrogens with one attached hydrogen (secondary N) is 1. The first-order valence-corrected chi connectivity index (χ1v) is 4.45. The number of carboxylic acid groups (broad SMARTS) is 1. The highest BCUT2D eigenvalue weighted by Crippen LogP contribution is 1.96. The normalized spacial score (nSPS) is 12.2. The van der Waals surface area contributed by atoms with Crippen LogP contribution >= 0.6 is 11.9 Å². The molecule has 0 aromatic heterocycles. The smallest absolute Gasteiger partial charge is 0.321 e. The number of amides is 1. The van der Waals surface area contributed by atoms with Crippen LogP contribution in [-0.2, 0) is 9.59 Å². The minimum atomic E-state index is -1.06. The Kier molecular flexibility index (Phi) is 5.48. The fourth-order valence-electron chi connectivity index (χ4n) is 0.355. The summed E-state index contributed by atoms with van der Waals surface area (Å²) >= 11 is 1.02. The number of nitrogens with two attached hydrogens (primary N) is 1. The molecule has 0 aromatic carbocycles. The number of carboxylic acids is 1. The summed E-state index contributed by atoms with van der Waals surface area (Å²) in [5.74, 6) is -1.01. The van der Waals surface area contributed by atoms with Gasteiger partial charge in [0.1, 0.15) is 6.04 Å². The summed E-state index contributed by atoms with van der Waals surface area (Å²) in [6, 6.07) is -0.924. The molecule has 0 saturated carbocycles. The predicted molar refractivity (Wildman–Crippen MR) is 46.5 cm³/mol. The quantitative estimate of drug-likeness (QED) is 0.514. The van der Waals surface area contributed by atoms with E-state index in [1.54, 1.807) is 6.92 Å². The van der Waals surface area contributed by atoms with E-state index in [9.17, 15) is 9.59 Å². The zero-order chi connectivity index (χ0) is 9.56. The van der Waals surface area contributed by atoms with Crippen molar-refractivity contribution in [2.45, 2.75) is 19.4 Å². The monoisotopic (exact) mass is 192 g/mol. The number of rotatable bonds is 5. The van der Waals surface area contributed by atoms with Gasteiger partial charge >= 0.3 is 5.97 Å². The van der Waals surface area contributed by atoms with Gasteiger partial charge in [-0.15, -0.1) is 0 Å². The fourth-order valence-corrected chi connectivity index (χ4v) is 1.07. The molecule has 0 bridgehead atoms. The fraction of sp³-hybridized carbons (Fsp3) is 0.667. The van der Waals surface area contributed by atoms with Gasteiger partial charge in [0.25, 0.3) is 0 Å². The maximum atomic E-state index is 10.6. The van der Waals surface area contributed by atoms with E-state index in [4.69, 9.17) is 10.8 Å². The second-order valence-electron chi connectivity index (χ2n) is 2.13. The number of hydrogen-bond acceptors (Lipinski definition) is 4. The Bertz CT molecular complexity index is 174. The van der Waals surface area contributed by atoms with Gasteiger partial charge in [0, 0.05) is 12.2 Å². The summed E-state index contributed by atoms with van der Waals surface area (Å²) in [5.41, 5.74) is 5.17. The topological polar surface area (TPSA) is 92.4 Å². The lowest BCUT2D eigenvalue weighted by Crippen LogP contribution is -2.34. The van der Waals surface area contributed by atoms with Gasteiger partial charge in [0.05, 0.1) is 0 Å². The lowest BCUT2D eigenvalue weighted by Gasteiger charge is -2.05. The van der Waals surface area contributed by atoms with Crippen LogP contribution in [0.1, 0.15) is 13.3 Å². The van der Waals surface area contributed by atoms with Crippen molar-refractivity contribution in [3.8, 4) is 0 Å². The Balaban J connectivity index is 3.43. The Morgan fingerprint density at radius 2 is 2.25 bits per heavy atom. The molecule has 6 heteroatoms. The van der Waals surface area contributed by atoms with E-state index < -0.39 is 12.0 Å². The zero-order valence-corrected chi connectivity index (χ0v) is 7.56. The minimum Gasteiger partial charge on any atom is -0.480 e. The second kappa shape index (κ2) is 5.84. The molecule has 1 unspecified atom stereocenters. The molecule has 0 aliphatic heterocycles. The summed E-state index contributed by atoms with van der Waals surface area (Å²) in [5, 5.41) is 8.35. The van der Waals surface area contributed by atoms with Crippen molar-refractivity contribution in [2.75, 3.05) is 5.75 Å². The first-order valence-electron chi connectivity index (χ1n) is 3.47.